The van der Waals surface area contributed by atoms with Crippen molar-refractivity contribution in [2.24, 2.45) is 5.92 Å². The van der Waals surface area contributed by atoms with Crippen molar-refractivity contribution in [2.75, 3.05) is 0 Å². The minimum atomic E-state index is -4.56. The molecule has 1 unspecified atom stereocenters. The third-order valence-electron chi connectivity index (χ3n) is 3.90. The summed E-state index contributed by atoms with van der Waals surface area (Å²) in [4.78, 5) is 23.5. The van der Waals surface area contributed by atoms with Gasteiger partial charge in [0.25, 0.3) is 5.91 Å². The van der Waals surface area contributed by atoms with E-state index in [0.717, 1.165) is 29.8 Å². The Morgan fingerprint density at radius 2 is 2.00 bits per heavy atom. The lowest BCUT2D eigenvalue weighted by Gasteiger charge is -2.14. The molecule has 1 atom stereocenters. The van der Waals surface area contributed by atoms with E-state index in [1.165, 1.54) is 24.3 Å². The van der Waals surface area contributed by atoms with Gasteiger partial charge in [-0.25, -0.2) is 9.48 Å². The third kappa shape index (κ3) is 3.81. The van der Waals surface area contributed by atoms with Crippen LogP contribution in [0.4, 0.5) is 13.2 Å². The molecule has 2 N–H and O–H groups in total. The highest BCUT2D eigenvalue weighted by Crippen LogP contribution is 2.33. The quantitative estimate of drug-likeness (QED) is 0.865. The number of hydrogen-bond donors (Lipinski definition) is 2. The molecule has 1 fully saturated rings. The molecule has 1 aromatic carbocycles. The molecule has 0 saturated heterocycles. The molecule has 132 valence electrons. The third-order valence-corrected chi connectivity index (χ3v) is 3.90. The first-order valence-electron chi connectivity index (χ1n) is 7.52. The normalized spacial score (nSPS) is 15.6. The zero-order chi connectivity index (χ0) is 18.2. The van der Waals surface area contributed by atoms with Gasteiger partial charge < -0.3 is 10.4 Å². The molecule has 0 radical (unpaired) electrons. The second-order valence-electron chi connectivity index (χ2n) is 5.82. The Morgan fingerprint density at radius 1 is 1.28 bits per heavy atom. The van der Waals surface area contributed by atoms with Crippen LogP contribution in [0.15, 0.2) is 36.5 Å². The smallest absolute Gasteiger partial charge is 0.435 e. The first-order valence-corrected chi connectivity index (χ1v) is 7.52. The van der Waals surface area contributed by atoms with Crippen LogP contribution in [0, 0.1) is 5.92 Å². The topological polar surface area (TPSA) is 84.2 Å². The Morgan fingerprint density at radius 3 is 2.56 bits per heavy atom. The number of amides is 1. The number of aromatic nitrogens is 2. The average molecular weight is 353 g/mol. The van der Waals surface area contributed by atoms with Gasteiger partial charge in [-0.05, 0) is 43.0 Å². The standard InChI is InChI=1S/C16H14F3N3O3/c17-16(18,19)12-6-7-22(21-12)11-3-1-2-10(8-11)14(23)20-13(15(24)25)9-4-5-9/h1-3,6-9,13H,4-5H2,(H,20,23)(H,24,25). The van der Waals surface area contributed by atoms with E-state index in [2.05, 4.69) is 10.4 Å². The zero-order valence-corrected chi connectivity index (χ0v) is 12.8. The summed E-state index contributed by atoms with van der Waals surface area (Å²) in [6.07, 6.45) is -1.93. The number of nitrogens with one attached hydrogen (secondary N) is 1. The predicted octanol–water partition coefficient (Wildman–Crippen LogP) is 2.48. The summed E-state index contributed by atoms with van der Waals surface area (Å²) in [7, 11) is 0. The maximum atomic E-state index is 12.6. The van der Waals surface area contributed by atoms with Crippen molar-refractivity contribution in [3.8, 4) is 5.69 Å². The molecular formula is C16H14F3N3O3. The number of rotatable bonds is 5. The number of benzene rings is 1. The molecule has 0 bridgehead atoms. The van der Waals surface area contributed by atoms with Crippen LogP contribution < -0.4 is 5.32 Å². The highest BCUT2D eigenvalue weighted by molar-refractivity contribution is 5.97. The van der Waals surface area contributed by atoms with Crippen LogP contribution in [0.3, 0.4) is 0 Å². The summed E-state index contributed by atoms with van der Waals surface area (Å²) in [6.45, 7) is 0. The molecule has 6 nitrogen and oxygen atoms in total. The van der Waals surface area contributed by atoms with Crippen molar-refractivity contribution in [2.45, 2.75) is 25.1 Å². The van der Waals surface area contributed by atoms with Crippen molar-refractivity contribution >= 4 is 11.9 Å². The van der Waals surface area contributed by atoms with Gasteiger partial charge in [0.1, 0.15) is 6.04 Å². The van der Waals surface area contributed by atoms with Crippen LogP contribution in [-0.4, -0.2) is 32.8 Å². The Labute approximate surface area is 140 Å². The number of hydrogen-bond acceptors (Lipinski definition) is 3. The second kappa shape index (κ2) is 6.23. The van der Waals surface area contributed by atoms with Gasteiger partial charge in [0, 0.05) is 11.8 Å². The van der Waals surface area contributed by atoms with Gasteiger partial charge in [0.05, 0.1) is 5.69 Å². The first kappa shape index (κ1) is 17.0. The van der Waals surface area contributed by atoms with Crippen molar-refractivity contribution in [3.05, 3.63) is 47.8 Å². The van der Waals surface area contributed by atoms with Crippen molar-refractivity contribution < 1.29 is 27.9 Å². The lowest BCUT2D eigenvalue weighted by Crippen LogP contribution is -2.42. The van der Waals surface area contributed by atoms with Gasteiger partial charge in [-0.15, -0.1) is 0 Å². The molecule has 25 heavy (non-hydrogen) atoms. The molecular weight excluding hydrogens is 339 g/mol. The number of carboxylic acid groups (broad SMARTS) is 1. The first-order chi connectivity index (χ1) is 11.8. The molecule has 1 aliphatic rings. The van der Waals surface area contributed by atoms with E-state index in [1.54, 1.807) is 0 Å². The fraction of sp³-hybridized carbons (Fsp3) is 0.312. The minimum absolute atomic E-state index is 0.0786. The van der Waals surface area contributed by atoms with E-state index in [9.17, 15) is 22.8 Å². The summed E-state index contributed by atoms with van der Waals surface area (Å²) in [5.74, 6) is -1.77. The summed E-state index contributed by atoms with van der Waals surface area (Å²) < 4.78 is 38.9. The van der Waals surface area contributed by atoms with E-state index in [1.807, 2.05) is 0 Å². The molecule has 9 heteroatoms. The van der Waals surface area contributed by atoms with E-state index in [-0.39, 0.29) is 17.2 Å². The summed E-state index contributed by atoms with van der Waals surface area (Å²) in [5, 5.41) is 15.1. The molecule has 1 heterocycles. The van der Waals surface area contributed by atoms with Crippen LogP contribution in [-0.2, 0) is 11.0 Å². The maximum Gasteiger partial charge on any atom is 0.435 e. The van der Waals surface area contributed by atoms with Gasteiger partial charge in [0.15, 0.2) is 5.69 Å². The molecule has 0 aliphatic heterocycles. The molecule has 0 spiro atoms. The number of alkyl halides is 3. The number of halogens is 3. The number of carboxylic acids is 1. The number of nitrogens with zero attached hydrogens (tertiary/aromatic N) is 2. The Kier molecular flexibility index (Phi) is 4.23. The number of aliphatic carboxylic acids is 1. The number of carbonyl (C=O) groups is 2. The van der Waals surface area contributed by atoms with Gasteiger partial charge >= 0.3 is 12.1 Å². The Bertz CT molecular complexity index is 812. The lowest BCUT2D eigenvalue weighted by atomic mass is 10.1. The van der Waals surface area contributed by atoms with Crippen LogP contribution in [0.1, 0.15) is 28.9 Å². The van der Waals surface area contributed by atoms with Crippen molar-refractivity contribution in [1.82, 2.24) is 15.1 Å². The Balaban J connectivity index is 1.80. The highest BCUT2D eigenvalue weighted by Gasteiger charge is 2.37. The van der Waals surface area contributed by atoms with Gasteiger partial charge in [-0.2, -0.15) is 18.3 Å². The van der Waals surface area contributed by atoms with E-state index >= 15 is 0 Å². The molecule has 1 aromatic heterocycles. The van der Waals surface area contributed by atoms with E-state index < -0.39 is 29.8 Å². The highest BCUT2D eigenvalue weighted by atomic mass is 19.4. The average Bonchev–Trinajstić information content (AvgIpc) is 3.25. The van der Waals surface area contributed by atoms with Crippen LogP contribution in [0.2, 0.25) is 0 Å². The molecule has 1 aliphatic carbocycles. The van der Waals surface area contributed by atoms with E-state index in [0.29, 0.717) is 0 Å². The summed E-state index contributed by atoms with van der Waals surface area (Å²) in [5.41, 5.74) is -0.628. The Hall–Kier alpha value is -2.84. The van der Waals surface area contributed by atoms with Crippen LogP contribution in [0.25, 0.3) is 5.69 Å². The van der Waals surface area contributed by atoms with Crippen LogP contribution >= 0.6 is 0 Å². The summed E-state index contributed by atoms with van der Waals surface area (Å²) >= 11 is 0. The minimum Gasteiger partial charge on any atom is -0.480 e. The second-order valence-corrected chi connectivity index (χ2v) is 5.82. The fourth-order valence-corrected chi connectivity index (χ4v) is 2.44. The van der Waals surface area contributed by atoms with E-state index in [4.69, 9.17) is 5.11 Å². The SMILES string of the molecule is O=C(NC(C(=O)O)C1CC1)c1cccc(-n2ccc(C(F)(F)F)n2)c1. The lowest BCUT2D eigenvalue weighted by molar-refractivity contribution is -0.141. The monoisotopic (exact) mass is 353 g/mol. The predicted molar refractivity (Wildman–Crippen MR) is 80.2 cm³/mol. The van der Waals surface area contributed by atoms with Gasteiger partial charge in [-0.1, -0.05) is 6.07 Å². The zero-order valence-electron chi connectivity index (χ0n) is 12.8. The van der Waals surface area contributed by atoms with Crippen LogP contribution in [0.5, 0.6) is 0 Å². The largest absolute Gasteiger partial charge is 0.480 e. The maximum absolute atomic E-state index is 12.6. The van der Waals surface area contributed by atoms with Gasteiger partial charge in [0.2, 0.25) is 0 Å². The number of carbonyl (C=O) groups excluding carboxylic acids is 1. The van der Waals surface area contributed by atoms with Crippen molar-refractivity contribution in [3.63, 3.8) is 0 Å². The van der Waals surface area contributed by atoms with Gasteiger partial charge in [-0.3, -0.25) is 4.79 Å². The molecule has 1 amide bonds. The van der Waals surface area contributed by atoms with Crippen molar-refractivity contribution in [1.29, 1.82) is 0 Å². The molecule has 2 aromatic rings. The molecule has 3 rings (SSSR count). The molecule has 1 saturated carbocycles. The summed E-state index contributed by atoms with van der Waals surface area (Å²) in [6, 6.07) is 5.68. The fourth-order valence-electron chi connectivity index (χ4n) is 2.44.